The molecule has 23 heavy (non-hydrogen) atoms. The number of amides is 1. The molecule has 0 aliphatic heterocycles. The second-order valence-corrected chi connectivity index (χ2v) is 4.66. The van der Waals surface area contributed by atoms with E-state index in [4.69, 9.17) is 4.74 Å². The highest BCUT2D eigenvalue weighted by Gasteiger charge is 2.14. The van der Waals surface area contributed by atoms with Gasteiger partial charge in [-0.15, -0.1) is 0 Å². The van der Waals surface area contributed by atoms with Crippen LogP contribution in [0.15, 0.2) is 53.6 Å². The van der Waals surface area contributed by atoms with Crippen LogP contribution < -0.4 is 10.2 Å². The fourth-order valence-corrected chi connectivity index (χ4v) is 1.81. The van der Waals surface area contributed by atoms with E-state index in [2.05, 4.69) is 10.5 Å². The van der Waals surface area contributed by atoms with Crippen LogP contribution in [0.4, 0.5) is 5.69 Å². The molecular weight excluding hydrogens is 298 g/mol. The zero-order chi connectivity index (χ0) is 16.7. The molecule has 0 atom stereocenters. The zero-order valence-electron chi connectivity index (χ0n) is 12.4. The van der Waals surface area contributed by atoms with Crippen LogP contribution >= 0.6 is 0 Å². The molecule has 2 aromatic rings. The smallest absolute Gasteiger partial charge is 0.310 e. The van der Waals surface area contributed by atoms with Gasteiger partial charge in [0, 0.05) is 6.07 Å². The van der Waals surface area contributed by atoms with Gasteiger partial charge in [-0.25, -0.2) is 5.43 Å². The number of benzene rings is 2. The summed E-state index contributed by atoms with van der Waals surface area (Å²) in [6.07, 6.45) is 1.53. The van der Waals surface area contributed by atoms with E-state index < -0.39 is 10.8 Å². The van der Waals surface area contributed by atoms with Crippen molar-refractivity contribution in [3.8, 4) is 5.75 Å². The molecule has 0 fully saturated rings. The predicted octanol–water partition coefficient (Wildman–Crippen LogP) is 2.43. The molecule has 0 aromatic heterocycles. The Morgan fingerprint density at radius 1 is 1.26 bits per heavy atom. The monoisotopic (exact) mass is 313 g/mol. The number of nitro benzene ring substituents is 1. The van der Waals surface area contributed by atoms with E-state index in [0.29, 0.717) is 0 Å². The normalized spacial score (nSPS) is 10.5. The Hall–Kier alpha value is -3.22. The Balaban J connectivity index is 1.89. The van der Waals surface area contributed by atoms with Gasteiger partial charge < -0.3 is 4.74 Å². The lowest BCUT2D eigenvalue weighted by atomic mass is 10.1. The summed E-state index contributed by atoms with van der Waals surface area (Å²) in [7, 11) is 0. The lowest BCUT2D eigenvalue weighted by Gasteiger charge is -2.05. The van der Waals surface area contributed by atoms with Gasteiger partial charge >= 0.3 is 5.69 Å². The minimum Gasteiger partial charge on any atom is -0.477 e. The van der Waals surface area contributed by atoms with Gasteiger partial charge in [-0.1, -0.05) is 36.4 Å². The molecule has 0 saturated carbocycles. The average molecular weight is 313 g/mol. The molecule has 7 nitrogen and oxygen atoms in total. The van der Waals surface area contributed by atoms with Crippen molar-refractivity contribution in [2.24, 2.45) is 5.10 Å². The van der Waals surface area contributed by atoms with Gasteiger partial charge in [0.05, 0.1) is 11.1 Å². The van der Waals surface area contributed by atoms with E-state index >= 15 is 0 Å². The Morgan fingerprint density at radius 2 is 1.96 bits per heavy atom. The van der Waals surface area contributed by atoms with E-state index in [1.54, 1.807) is 6.07 Å². The molecule has 7 heteroatoms. The van der Waals surface area contributed by atoms with Crippen molar-refractivity contribution < 1.29 is 14.5 Å². The molecule has 2 aromatic carbocycles. The fraction of sp³-hybridized carbons (Fsp3) is 0.125. The van der Waals surface area contributed by atoms with Gasteiger partial charge in [-0.05, 0) is 24.1 Å². The van der Waals surface area contributed by atoms with Gasteiger partial charge in [0.1, 0.15) is 0 Å². The van der Waals surface area contributed by atoms with Crippen LogP contribution in [0.3, 0.4) is 0 Å². The minimum absolute atomic E-state index is 0.0375. The third-order valence-corrected chi connectivity index (χ3v) is 3.00. The Kier molecular flexibility index (Phi) is 5.40. The first kappa shape index (κ1) is 16.2. The largest absolute Gasteiger partial charge is 0.477 e. The quantitative estimate of drug-likeness (QED) is 0.503. The molecule has 2 rings (SSSR count). The second-order valence-electron chi connectivity index (χ2n) is 4.66. The first-order valence-corrected chi connectivity index (χ1v) is 6.81. The maximum Gasteiger partial charge on any atom is 0.310 e. The average Bonchev–Trinajstić information content (AvgIpc) is 2.55. The SMILES string of the molecule is Cc1ccccc1/C=N\NC(=O)COc1ccccc1[N+](=O)[O-]. The molecule has 0 spiro atoms. The van der Waals surface area contributed by atoms with Crippen molar-refractivity contribution in [3.05, 3.63) is 69.8 Å². The molecule has 0 aliphatic carbocycles. The van der Waals surface area contributed by atoms with E-state index in [1.807, 2.05) is 31.2 Å². The maximum atomic E-state index is 11.7. The van der Waals surface area contributed by atoms with Gasteiger partial charge in [0.25, 0.3) is 5.91 Å². The Bertz CT molecular complexity index is 744. The number of ether oxygens (including phenoxy) is 1. The number of nitro groups is 1. The minimum atomic E-state index is -0.566. The summed E-state index contributed by atoms with van der Waals surface area (Å²) in [5, 5.41) is 14.7. The first-order chi connectivity index (χ1) is 11.1. The summed E-state index contributed by atoms with van der Waals surface area (Å²) in [5.74, 6) is -0.469. The Labute approximate surface area is 132 Å². The molecule has 1 N–H and O–H groups in total. The first-order valence-electron chi connectivity index (χ1n) is 6.81. The van der Waals surface area contributed by atoms with Crippen LogP contribution in [-0.2, 0) is 4.79 Å². The number of nitrogens with zero attached hydrogens (tertiary/aromatic N) is 2. The number of rotatable bonds is 6. The summed E-state index contributed by atoms with van der Waals surface area (Å²) in [6, 6.07) is 13.4. The fourth-order valence-electron chi connectivity index (χ4n) is 1.81. The molecular formula is C16H15N3O4. The lowest BCUT2D eigenvalue weighted by molar-refractivity contribution is -0.385. The summed E-state index contributed by atoms with van der Waals surface area (Å²) in [6.45, 7) is 1.57. The molecule has 1 amide bonds. The molecule has 0 bridgehead atoms. The van der Waals surface area contributed by atoms with Crippen molar-refractivity contribution in [1.29, 1.82) is 0 Å². The zero-order valence-corrected chi connectivity index (χ0v) is 12.4. The number of nitrogens with one attached hydrogen (secondary N) is 1. The molecule has 0 unspecified atom stereocenters. The number of hydrazone groups is 1. The van der Waals surface area contributed by atoms with Crippen molar-refractivity contribution in [2.75, 3.05) is 6.61 Å². The number of hydrogen-bond donors (Lipinski definition) is 1. The van der Waals surface area contributed by atoms with Crippen LogP contribution in [0.25, 0.3) is 0 Å². The van der Waals surface area contributed by atoms with Crippen LogP contribution in [0.2, 0.25) is 0 Å². The highest BCUT2D eigenvalue weighted by atomic mass is 16.6. The third kappa shape index (κ3) is 4.63. The molecule has 0 heterocycles. The van der Waals surface area contributed by atoms with E-state index in [0.717, 1.165) is 11.1 Å². The number of aryl methyl sites for hydroxylation is 1. The van der Waals surface area contributed by atoms with Gasteiger partial charge in [-0.3, -0.25) is 14.9 Å². The molecule has 0 radical (unpaired) electrons. The summed E-state index contributed by atoms with van der Waals surface area (Å²) in [4.78, 5) is 21.9. The Morgan fingerprint density at radius 3 is 2.70 bits per heavy atom. The number of carbonyl (C=O) groups is 1. The molecule has 0 saturated heterocycles. The van der Waals surface area contributed by atoms with Crippen molar-refractivity contribution in [2.45, 2.75) is 6.92 Å². The number of para-hydroxylation sites is 2. The standard InChI is InChI=1S/C16H15N3O4/c1-12-6-2-3-7-13(12)10-17-18-16(20)11-23-15-9-5-4-8-14(15)19(21)22/h2-10H,11H2,1H3,(H,18,20)/b17-10-. The molecule has 118 valence electrons. The topological polar surface area (TPSA) is 93.8 Å². The number of hydrogen-bond acceptors (Lipinski definition) is 5. The van der Waals surface area contributed by atoms with Crippen LogP contribution in [0.1, 0.15) is 11.1 Å². The van der Waals surface area contributed by atoms with Crippen LogP contribution in [0.5, 0.6) is 5.75 Å². The van der Waals surface area contributed by atoms with Crippen molar-refractivity contribution >= 4 is 17.8 Å². The van der Waals surface area contributed by atoms with E-state index in [1.165, 1.54) is 24.4 Å². The summed E-state index contributed by atoms with van der Waals surface area (Å²) in [5.41, 5.74) is 4.03. The van der Waals surface area contributed by atoms with Crippen LogP contribution in [0, 0.1) is 17.0 Å². The van der Waals surface area contributed by atoms with Gasteiger partial charge in [-0.2, -0.15) is 5.10 Å². The highest BCUT2D eigenvalue weighted by Crippen LogP contribution is 2.25. The summed E-state index contributed by atoms with van der Waals surface area (Å²) >= 11 is 0. The van der Waals surface area contributed by atoms with Gasteiger partial charge in [0.2, 0.25) is 0 Å². The summed E-state index contributed by atoms with van der Waals surface area (Å²) < 4.78 is 5.16. The lowest BCUT2D eigenvalue weighted by Crippen LogP contribution is -2.24. The predicted molar refractivity (Wildman–Crippen MR) is 85.5 cm³/mol. The van der Waals surface area contributed by atoms with Crippen LogP contribution in [-0.4, -0.2) is 23.7 Å². The van der Waals surface area contributed by atoms with E-state index in [-0.39, 0.29) is 18.0 Å². The van der Waals surface area contributed by atoms with Gasteiger partial charge in [0.15, 0.2) is 12.4 Å². The molecule has 0 aliphatic rings. The number of carbonyl (C=O) groups excluding carboxylic acids is 1. The highest BCUT2D eigenvalue weighted by molar-refractivity contribution is 5.84. The van der Waals surface area contributed by atoms with Crippen molar-refractivity contribution in [1.82, 2.24) is 5.43 Å². The third-order valence-electron chi connectivity index (χ3n) is 3.00. The van der Waals surface area contributed by atoms with Crippen molar-refractivity contribution in [3.63, 3.8) is 0 Å². The van der Waals surface area contributed by atoms with E-state index in [9.17, 15) is 14.9 Å². The second kappa shape index (κ2) is 7.69. The maximum absolute atomic E-state index is 11.7.